The maximum Gasteiger partial charge on any atom is 0.411 e. The van der Waals surface area contributed by atoms with E-state index >= 15 is 0 Å². The zero-order chi connectivity index (χ0) is 22.5. The molecule has 1 heterocycles. The quantitative estimate of drug-likeness (QED) is 0.332. The van der Waals surface area contributed by atoms with Gasteiger partial charge in [-0.1, -0.05) is 23.2 Å². The Morgan fingerprint density at radius 3 is 2.57 bits per heavy atom. The molecule has 0 bridgehead atoms. The summed E-state index contributed by atoms with van der Waals surface area (Å²) in [6, 6.07) is 2.74. The van der Waals surface area contributed by atoms with Crippen LogP contribution in [0.25, 0.3) is 0 Å². The molecule has 0 N–H and O–H groups in total. The number of methoxy groups -OCH3 is 1. The molecule has 1 saturated heterocycles. The van der Waals surface area contributed by atoms with E-state index in [0.29, 0.717) is 28.3 Å². The predicted molar refractivity (Wildman–Crippen MR) is 114 cm³/mol. The molecule has 7 nitrogen and oxygen atoms in total. The molecule has 30 heavy (non-hydrogen) atoms. The summed E-state index contributed by atoms with van der Waals surface area (Å²) < 4.78 is 21.2. The van der Waals surface area contributed by atoms with Gasteiger partial charge < -0.3 is 18.9 Å². The topological polar surface area (TPSA) is 74.3 Å². The number of benzene rings is 1. The molecule has 1 aromatic rings. The summed E-state index contributed by atoms with van der Waals surface area (Å²) in [6.45, 7) is 7.52. The second-order valence-electron chi connectivity index (χ2n) is 7.71. The fraction of sp³-hybridized carbons (Fsp3) is 0.524. The Labute approximate surface area is 186 Å². The minimum absolute atomic E-state index is 0.00432. The summed E-state index contributed by atoms with van der Waals surface area (Å²) in [5.41, 5.74) is 0.542. The molecule has 0 aliphatic carbocycles. The van der Waals surface area contributed by atoms with E-state index in [4.69, 9.17) is 42.1 Å². The lowest BCUT2D eigenvalue weighted by atomic mass is 10.0. The van der Waals surface area contributed by atoms with Crippen molar-refractivity contribution in [1.82, 2.24) is 4.90 Å². The van der Waals surface area contributed by atoms with Crippen LogP contribution < -0.4 is 4.74 Å². The van der Waals surface area contributed by atoms with Crippen LogP contribution in [0.15, 0.2) is 23.8 Å². The number of hydrogen-bond donors (Lipinski definition) is 0. The first-order valence-corrected chi connectivity index (χ1v) is 10.3. The highest BCUT2D eigenvalue weighted by Crippen LogP contribution is 2.45. The Hall–Kier alpha value is -1.96. The minimum Gasteiger partial charge on any atom is -0.467 e. The number of carbonyl (C=O) groups is 2. The molecule has 1 aliphatic rings. The average molecular weight is 460 g/mol. The first-order chi connectivity index (χ1) is 14.1. The van der Waals surface area contributed by atoms with Crippen molar-refractivity contribution in [3.8, 4) is 5.75 Å². The van der Waals surface area contributed by atoms with Crippen molar-refractivity contribution in [2.45, 2.75) is 45.8 Å². The number of amides is 1. The predicted octanol–water partition coefficient (Wildman–Crippen LogP) is 5.15. The summed E-state index contributed by atoms with van der Waals surface area (Å²) >= 11 is 12.8. The van der Waals surface area contributed by atoms with Crippen LogP contribution in [0.4, 0.5) is 4.79 Å². The highest BCUT2D eigenvalue weighted by Gasteiger charge is 2.39. The van der Waals surface area contributed by atoms with E-state index in [9.17, 15) is 9.59 Å². The maximum atomic E-state index is 12.9. The van der Waals surface area contributed by atoms with Crippen LogP contribution in [0.5, 0.6) is 5.75 Å². The Balaban J connectivity index is 2.49. The highest BCUT2D eigenvalue weighted by molar-refractivity contribution is 6.42. The van der Waals surface area contributed by atoms with Gasteiger partial charge in [0.05, 0.1) is 22.7 Å². The summed E-state index contributed by atoms with van der Waals surface area (Å²) in [5, 5.41) is 0.588. The van der Waals surface area contributed by atoms with Gasteiger partial charge in [-0.3, -0.25) is 4.90 Å². The number of esters is 1. The third-order valence-electron chi connectivity index (χ3n) is 4.20. The molecule has 0 spiro atoms. The lowest BCUT2D eigenvalue weighted by Crippen LogP contribution is -2.36. The first kappa shape index (κ1) is 24.3. The van der Waals surface area contributed by atoms with Crippen LogP contribution in [0.2, 0.25) is 10.0 Å². The fourth-order valence-corrected chi connectivity index (χ4v) is 3.53. The molecule has 0 unspecified atom stereocenters. The van der Waals surface area contributed by atoms with Gasteiger partial charge in [0, 0.05) is 25.3 Å². The van der Waals surface area contributed by atoms with Crippen LogP contribution in [0, 0.1) is 0 Å². The number of hydrogen-bond acceptors (Lipinski definition) is 6. The molecule has 166 valence electrons. The van der Waals surface area contributed by atoms with Gasteiger partial charge in [0.15, 0.2) is 6.79 Å². The highest BCUT2D eigenvalue weighted by atomic mass is 35.5. The Morgan fingerprint density at radius 2 is 1.97 bits per heavy atom. The molecule has 9 heteroatoms. The Morgan fingerprint density at radius 1 is 1.27 bits per heavy atom. The van der Waals surface area contributed by atoms with Crippen LogP contribution in [0.1, 0.15) is 45.7 Å². The van der Waals surface area contributed by atoms with Gasteiger partial charge in [0.25, 0.3) is 0 Å². The van der Waals surface area contributed by atoms with Crippen molar-refractivity contribution >= 4 is 35.3 Å². The van der Waals surface area contributed by atoms with Gasteiger partial charge in [-0.25, -0.2) is 9.59 Å². The summed E-state index contributed by atoms with van der Waals surface area (Å²) in [6.07, 6.45) is 1.21. The number of halogens is 2. The first-order valence-electron chi connectivity index (χ1n) is 9.52. The van der Waals surface area contributed by atoms with Crippen molar-refractivity contribution in [3.05, 3.63) is 39.4 Å². The average Bonchev–Trinajstić information content (AvgIpc) is 3.04. The van der Waals surface area contributed by atoms with E-state index < -0.39 is 23.7 Å². The van der Waals surface area contributed by atoms with Crippen molar-refractivity contribution in [2.75, 3.05) is 27.1 Å². The molecule has 1 atom stereocenters. The third kappa shape index (κ3) is 6.27. The van der Waals surface area contributed by atoms with Gasteiger partial charge in [-0.2, -0.15) is 0 Å². The Bertz CT molecular complexity index is 818. The molecule has 1 aliphatic heterocycles. The molecule has 1 amide bonds. The molecular formula is C21H27Cl2NO6. The number of nitrogens with zero attached hydrogens (tertiary/aromatic N) is 1. The van der Waals surface area contributed by atoms with Gasteiger partial charge in [0.2, 0.25) is 0 Å². The van der Waals surface area contributed by atoms with Crippen LogP contribution >= 0.6 is 23.2 Å². The summed E-state index contributed by atoms with van der Waals surface area (Å²) in [7, 11) is 1.50. The molecule has 1 aromatic carbocycles. The standard InChI is InChI=1S/C21H27Cl2NO6/c1-6-28-17(25)10-13-9-15(24(11-13)20(26)30-21(2,3)4)18-16(29-12-27-5)8-7-14(22)19(18)23/h7-8,10,15H,6,9,11-12H2,1-5H3/b13-10-/t15-/m1/s1. The van der Waals surface area contributed by atoms with Gasteiger partial charge >= 0.3 is 12.1 Å². The largest absolute Gasteiger partial charge is 0.467 e. The van der Waals surface area contributed by atoms with E-state index in [2.05, 4.69) is 0 Å². The Kier molecular flexibility index (Phi) is 8.41. The van der Waals surface area contributed by atoms with Gasteiger partial charge in [-0.15, -0.1) is 0 Å². The SMILES string of the molecule is CCOC(=O)/C=C1/C[C@H](c2c(OCOC)ccc(Cl)c2Cl)N(C(=O)OC(C)(C)C)C1. The number of rotatable bonds is 6. The van der Waals surface area contributed by atoms with Gasteiger partial charge in [-0.05, 0) is 51.8 Å². The second kappa shape index (κ2) is 10.4. The van der Waals surface area contributed by atoms with Crippen molar-refractivity contribution in [3.63, 3.8) is 0 Å². The number of ether oxygens (including phenoxy) is 4. The van der Waals surface area contributed by atoms with E-state index in [-0.39, 0.29) is 25.0 Å². The molecule has 0 radical (unpaired) electrons. The van der Waals surface area contributed by atoms with E-state index in [0.717, 1.165) is 0 Å². The van der Waals surface area contributed by atoms with Crippen molar-refractivity contribution < 1.29 is 28.5 Å². The van der Waals surface area contributed by atoms with E-state index in [1.807, 2.05) is 0 Å². The van der Waals surface area contributed by atoms with E-state index in [1.165, 1.54) is 18.1 Å². The van der Waals surface area contributed by atoms with Crippen LogP contribution in [0.3, 0.4) is 0 Å². The zero-order valence-corrected chi connectivity index (χ0v) is 19.3. The molecule has 1 fully saturated rings. The fourth-order valence-electron chi connectivity index (χ4n) is 3.08. The smallest absolute Gasteiger partial charge is 0.411 e. The summed E-state index contributed by atoms with van der Waals surface area (Å²) in [5.74, 6) is -0.0347. The molecule has 2 rings (SSSR count). The van der Waals surface area contributed by atoms with Gasteiger partial charge in [0.1, 0.15) is 11.4 Å². The lowest BCUT2D eigenvalue weighted by Gasteiger charge is -2.30. The maximum absolute atomic E-state index is 12.9. The lowest BCUT2D eigenvalue weighted by molar-refractivity contribution is -0.137. The van der Waals surface area contributed by atoms with Crippen molar-refractivity contribution in [2.24, 2.45) is 0 Å². The van der Waals surface area contributed by atoms with Crippen molar-refractivity contribution in [1.29, 1.82) is 0 Å². The number of carbonyl (C=O) groups excluding carboxylic acids is 2. The zero-order valence-electron chi connectivity index (χ0n) is 17.8. The van der Waals surface area contributed by atoms with E-state index in [1.54, 1.807) is 39.8 Å². The monoisotopic (exact) mass is 459 g/mol. The molecular weight excluding hydrogens is 433 g/mol. The van der Waals surface area contributed by atoms with Crippen LogP contribution in [-0.2, 0) is 19.0 Å². The number of likely N-dealkylation sites (tertiary alicyclic amines) is 1. The normalized spacial score (nSPS) is 17.9. The second-order valence-corrected chi connectivity index (χ2v) is 8.49. The summed E-state index contributed by atoms with van der Waals surface area (Å²) in [4.78, 5) is 26.4. The third-order valence-corrected chi connectivity index (χ3v) is 5.02. The minimum atomic E-state index is -0.692. The molecule has 0 saturated carbocycles. The van der Waals surface area contributed by atoms with Crippen LogP contribution in [-0.4, -0.2) is 49.6 Å². The molecule has 0 aromatic heterocycles.